The van der Waals surface area contributed by atoms with Crippen LogP contribution in [0.1, 0.15) is 32.3 Å². The van der Waals surface area contributed by atoms with Crippen molar-refractivity contribution in [3.8, 4) is 0 Å². The van der Waals surface area contributed by atoms with Gasteiger partial charge in [0.1, 0.15) is 5.82 Å². The third kappa shape index (κ3) is 5.01. The average Bonchev–Trinajstić information content (AvgIpc) is 2.35. The number of hydrogen-bond acceptors (Lipinski definition) is 3. The fraction of sp³-hybridized carbons (Fsp3) is 0.538. The molecule has 1 rings (SSSR count). The van der Waals surface area contributed by atoms with Crippen LogP contribution in [0.5, 0.6) is 0 Å². The zero-order chi connectivity index (χ0) is 14.7. The first-order chi connectivity index (χ1) is 8.72. The van der Waals surface area contributed by atoms with Gasteiger partial charge in [-0.3, -0.25) is 0 Å². The van der Waals surface area contributed by atoms with Crippen molar-refractivity contribution in [3.63, 3.8) is 0 Å². The molecule has 0 aliphatic heterocycles. The first-order valence-electron chi connectivity index (χ1n) is 6.28. The van der Waals surface area contributed by atoms with Gasteiger partial charge in [0.25, 0.3) is 0 Å². The van der Waals surface area contributed by atoms with Gasteiger partial charge in [-0.2, -0.15) is 0 Å². The van der Waals surface area contributed by atoms with Gasteiger partial charge in [-0.25, -0.2) is 17.5 Å². The Bertz CT molecular complexity index is 525. The molecule has 0 unspecified atom stereocenters. The molecule has 0 amide bonds. The lowest BCUT2D eigenvalue weighted by molar-refractivity contribution is 0.391. The molecule has 0 saturated heterocycles. The maximum atomic E-state index is 13.2. The molecule has 116 valence electrons. The number of aryl methyl sites for hydroxylation is 1. The highest BCUT2D eigenvalue weighted by Gasteiger charge is 2.24. The van der Waals surface area contributed by atoms with Crippen molar-refractivity contribution in [2.45, 2.75) is 44.0 Å². The molecule has 1 aromatic rings. The molecule has 0 bridgehead atoms. The van der Waals surface area contributed by atoms with Crippen LogP contribution in [0, 0.1) is 12.7 Å². The van der Waals surface area contributed by atoms with E-state index in [1.807, 2.05) is 13.8 Å². The number of hydrogen-bond donors (Lipinski definition) is 2. The molecular formula is C13H22ClFN2O2S. The summed E-state index contributed by atoms with van der Waals surface area (Å²) in [5.41, 5.74) is 6.03. The van der Waals surface area contributed by atoms with Crippen LogP contribution in [-0.4, -0.2) is 20.5 Å². The number of benzene rings is 1. The van der Waals surface area contributed by atoms with Gasteiger partial charge in [-0.1, -0.05) is 13.8 Å². The lowest BCUT2D eigenvalue weighted by atomic mass is 9.95. The van der Waals surface area contributed by atoms with E-state index in [1.165, 1.54) is 12.1 Å². The lowest BCUT2D eigenvalue weighted by Gasteiger charge is -2.26. The second kappa shape index (κ2) is 7.36. The average molecular weight is 325 g/mol. The molecule has 0 aromatic heterocycles. The Morgan fingerprint density at radius 2 is 1.80 bits per heavy atom. The topological polar surface area (TPSA) is 72.2 Å². The molecule has 20 heavy (non-hydrogen) atoms. The van der Waals surface area contributed by atoms with Crippen LogP contribution in [0.15, 0.2) is 23.1 Å². The van der Waals surface area contributed by atoms with Crippen molar-refractivity contribution in [2.75, 3.05) is 6.54 Å². The smallest absolute Gasteiger partial charge is 0.240 e. The van der Waals surface area contributed by atoms with E-state index in [0.717, 1.165) is 6.07 Å². The fourth-order valence-electron chi connectivity index (χ4n) is 1.68. The van der Waals surface area contributed by atoms with E-state index in [-0.39, 0.29) is 23.8 Å². The fourth-order valence-corrected chi connectivity index (χ4v) is 2.93. The van der Waals surface area contributed by atoms with Crippen LogP contribution in [0.2, 0.25) is 0 Å². The number of rotatable bonds is 6. The monoisotopic (exact) mass is 324 g/mol. The van der Waals surface area contributed by atoms with Crippen LogP contribution in [0.3, 0.4) is 0 Å². The maximum Gasteiger partial charge on any atom is 0.240 e. The molecule has 0 spiro atoms. The zero-order valence-electron chi connectivity index (χ0n) is 11.9. The summed E-state index contributed by atoms with van der Waals surface area (Å²) in [6, 6.07) is 3.72. The Kier molecular flexibility index (Phi) is 7.10. The van der Waals surface area contributed by atoms with E-state index in [9.17, 15) is 12.8 Å². The highest BCUT2D eigenvalue weighted by Crippen LogP contribution is 2.15. The quantitative estimate of drug-likeness (QED) is 0.843. The van der Waals surface area contributed by atoms with Crippen LogP contribution in [-0.2, 0) is 10.0 Å². The van der Waals surface area contributed by atoms with Crippen molar-refractivity contribution >= 4 is 22.4 Å². The predicted octanol–water partition coefficient (Wildman–Crippen LogP) is 2.35. The van der Waals surface area contributed by atoms with Crippen LogP contribution in [0.25, 0.3) is 0 Å². The number of sulfonamides is 1. The van der Waals surface area contributed by atoms with Crippen molar-refractivity contribution in [3.05, 3.63) is 29.6 Å². The Morgan fingerprint density at radius 1 is 1.25 bits per heavy atom. The third-order valence-corrected chi connectivity index (χ3v) is 4.73. The van der Waals surface area contributed by atoms with Gasteiger partial charge in [-0.15, -0.1) is 12.4 Å². The minimum Gasteiger partial charge on any atom is -0.324 e. The second-order valence-corrected chi connectivity index (χ2v) is 6.63. The standard InChI is InChI=1S/C13H21FN2O2S.ClH/c1-4-13(15,5-2)9-16-19(17,18)12-7-10(3)6-11(14)8-12;/h6-8,16H,4-5,9,15H2,1-3H3;1H. The number of halogens is 2. The van der Waals surface area contributed by atoms with Gasteiger partial charge < -0.3 is 5.73 Å². The maximum absolute atomic E-state index is 13.2. The molecule has 1 aromatic carbocycles. The Balaban J connectivity index is 0.00000361. The molecule has 7 heteroatoms. The van der Waals surface area contributed by atoms with Crippen molar-refractivity contribution in [1.29, 1.82) is 0 Å². The van der Waals surface area contributed by atoms with Gasteiger partial charge in [-0.05, 0) is 43.5 Å². The largest absolute Gasteiger partial charge is 0.324 e. The molecule has 0 saturated carbocycles. The summed E-state index contributed by atoms with van der Waals surface area (Å²) in [7, 11) is -3.73. The van der Waals surface area contributed by atoms with E-state index < -0.39 is 21.4 Å². The Morgan fingerprint density at radius 3 is 2.25 bits per heavy atom. The van der Waals surface area contributed by atoms with E-state index in [1.54, 1.807) is 6.92 Å². The SMILES string of the molecule is CCC(N)(CC)CNS(=O)(=O)c1cc(C)cc(F)c1.Cl. The first kappa shape index (κ1) is 19.3. The van der Waals surface area contributed by atoms with Crippen molar-refractivity contribution < 1.29 is 12.8 Å². The van der Waals surface area contributed by atoms with Crippen LogP contribution >= 0.6 is 12.4 Å². The summed E-state index contributed by atoms with van der Waals surface area (Å²) in [6.45, 7) is 5.60. The summed E-state index contributed by atoms with van der Waals surface area (Å²) in [4.78, 5) is -0.0699. The predicted molar refractivity (Wildman–Crippen MR) is 81.1 cm³/mol. The second-order valence-electron chi connectivity index (χ2n) is 4.86. The molecular weight excluding hydrogens is 303 g/mol. The molecule has 3 N–H and O–H groups in total. The Hall–Kier alpha value is -0.690. The van der Waals surface area contributed by atoms with Crippen LogP contribution < -0.4 is 10.5 Å². The number of nitrogens with two attached hydrogens (primary N) is 1. The van der Waals surface area contributed by atoms with Gasteiger partial charge in [0.15, 0.2) is 0 Å². The van der Waals surface area contributed by atoms with Gasteiger partial charge in [0.2, 0.25) is 10.0 Å². The normalized spacial score (nSPS) is 12.1. The molecule has 0 heterocycles. The van der Waals surface area contributed by atoms with Crippen molar-refractivity contribution in [2.24, 2.45) is 5.73 Å². The summed E-state index contributed by atoms with van der Waals surface area (Å²) in [6.07, 6.45) is 1.32. The van der Waals surface area contributed by atoms with E-state index in [4.69, 9.17) is 5.73 Å². The highest BCUT2D eigenvalue weighted by molar-refractivity contribution is 7.89. The Labute approximate surface area is 126 Å². The molecule has 4 nitrogen and oxygen atoms in total. The summed E-state index contributed by atoms with van der Waals surface area (Å²) < 4.78 is 39.9. The molecule has 0 radical (unpaired) electrons. The van der Waals surface area contributed by atoms with Gasteiger partial charge in [0, 0.05) is 12.1 Å². The van der Waals surface area contributed by atoms with Gasteiger partial charge >= 0.3 is 0 Å². The molecule has 0 aliphatic carbocycles. The summed E-state index contributed by atoms with van der Waals surface area (Å²) in [5, 5.41) is 0. The first-order valence-corrected chi connectivity index (χ1v) is 7.76. The summed E-state index contributed by atoms with van der Waals surface area (Å²) >= 11 is 0. The molecule has 0 atom stereocenters. The van der Waals surface area contributed by atoms with Crippen molar-refractivity contribution in [1.82, 2.24) is 4.72 Å². The van der Waals surface area contributed by atoms with E-state index in [0.29, 0.717) is 18.4 Å². The molecule has 0 aliphatic rings. The zero-order valence-corrected chi connectivity index (χ0v) is 13.6. The minimum absolute atomic E-state index is 0. The number of nitrogens with one attached hydrogen (secondary N) is 1. The lowest BCUT2D eigenvalue weighted by Crippen LogP contribution is -2.49. The van der Waals surface area contributed by atoms with E-state index >= 15 is 0 Å². The molecule has 0 fully saturated rings. The highest BCUT2D eigenvalue weighted by atomic mass is 35.5. The van der Waals surface area contributed by atoms with E-state index in [2.05, 4.69) is 4.72 Å². The summed E-state index contributed by atoms with van der Waals surface area (Å²) in [5.74, 6) is -0.564. The van der Waals surface area contributed by atoms with Crippen LogP contribution in [0.4, 0.5) is 4.39 Å². The van der Waals surface area contributed by atoms with Gasteiger partial charge in [0.05, 0.1) is 4.90 Å². The third-order valence-electron chi connectivity index (χ3n) is 3.35. The minimum atomic E-state index is -3.73.